The van der Waals surface area contributed by atoms with Crippen LogP contribution in [-0.4, -0.2) is 26.1 Å². The minimum Gasteiger partial charge on any atom is -0.463 e. The lowest BCUT2D eigenvalue weighted by molar-refractivity contribution is -0.122. The van der Waals surface area contributed by atoms with Crippen molar-refractivity contribution in [2.75, 3.05) is 0 Å². The molecule has 0 aliphatic heterocycles. The van der Waals surface area contributed by atoms with Gasteiger partial charge in [-0.05, 0) is 25.2 Å². The number of aromatic nitrogens is 3. The number of nitrogens with one attached hydrogen (secondary N) is 1. The standard InChI is InChI=1S/C19H24N4O3/c1-13-5-2-3-6-14(13)21-18(24)7-4-9-23-19(25)16-11-17-15(8-10-26-17)22(16)12-20-23/h8,10-14H,2-7,9H2,1H3,(H,21,24). The quantitative estimate of drug-likeness (QED) is 0.762. The van der Waals surface area contributed by atoms with E-state index in [1.807, 2.05) is 6.07 Å². The summed E-state index contributed by atoms with van der Waals surface area (Å²) in [6.45, 7) is 2.63. The van der Waals surface area contributed by atoms with Crippen molar-refractivity contribution in [1.82, 2.24) is 19.5 Å². The minimum absolute atomic E-state index is 0.0677. The van der Waals surface area contributed by atoms with Gasteiger partial charge in [0.15, 0.2) is 5.58 Å². The van der Waals surface area contributed by atoms with Gasteiger partial charge in [0.05, 0.1) is 11.8 Å². The highest BCUT2D eigenvalue weighted by molar-refractivity contribution is 5.81. The SMILES string of the molecule is CC1CCCCC1NC(=O)CCCn1ncn2c(cc3occc32)c1=O. The Morgan fingerprint density at radius 1 is 1.35 bits per heavy atom. The third-order valence-electron chi connectivity index (χ3n) is 5.45. The van der Waals surface area contributed by atoms with Crippen molar-refractivity contribution in [3.05, 3.63) is 35.1 Å². The van der Waals surface area contributed by atoms with Gasteiger partial charge in [0.1, 0.15) is 11.8 Å². The van der Waals surface area contributed by atoms with Crippen molar-refractivity contribution >= 4 is 22.5 Å². The number of aryl methyl sites for hydroxylation is 1. The average molecular weight is 356 g/mol. The van der Waals surface area contributed by atoms with Gasteiger partial charge in [0, 0.05) is 31.1 Å². The maximum absolute atomic E-state index is 12.6. The van der Waals surface area contributed by atoms with Crippen molar-refractivity contribution in [3.63, 3.8) is 0 Å². The van der Waals surface area contributed by atoms with E-state index in [1.165, 1.54) is 23.9 Å². The second-order valence-electron chi connectivity index (χ2n) is 7.27. The van der Waals surface area contributed by atoms with Crippen LogP contribution >= 0.6 is 0 Å². The van der Waals surface area contributed by atoms with Crippen LogP contribution in [-0.2, 0) is 11.3 Å². The Morgan fingerprint density at radius 2 is 2.19 bits per heavy atom. The molecule has 0 radical (unpaired) electrons. The van der Waals surface area contributed by atoms with E-state index in [9.17, 15) is 9.59 Å². The van der Waals surface area contributed by atoms with Gasteiger partial charge in [0.2, 0.25) is 5.91 Å². The highest BCUT2D eigenvalue weighted by Crippen LogP contribution is 2.23. The molecule has 3 heterocycles. The highest BCUT2D eigenvalue weighted by atomic mass is 16.3. The molecule has 2 unspecified atom stereocenters. The molecule has 2 atom stereocenters. The van der Waals surface area contributed by atoms with Gasteiger partial charge >= 0.3 is 0 Å². The molecule has 1 saturated carbocycles. The van der Waals surface area contributed by atoms with Crippen LogP contribution < -0.4 is 10.9 Å². The normalized spacial score (nSPS) is 20.7. The Kier molecular flexibility index (Phi) is 4.53. The number of furan rings is 1. The van der Waals surface area contributed by atoms with Gasteiger partial charge in [-0.3, -0.25) is 14.0 Å². The molecule has 0 bridgehead atoms. The number of fused-ring (bicyclic) bond motifs is 3. The lowest BCUT2D eigenvalue weighted by Gasteiger charge is -2.29. The molecule has 3 aromatic rings. The molecule has 1 aliphatic carbocycles. The minimum atomic E-state index is -0.166. The largest absolute Gasteiger partial charge is 0.463 e. The fraction of sp³-hybridized carbons (Fsp3) is 0.526. The van der Waals surface area contributed by atoms with E-state index in [4.69, 9.17) is 4.42 Å². The molecule has 0 aromatic carbocycles. The van der Waals surface area contributed by atoms with Crippen LogP contribution in [0.15, 0.2) is 33.9 Å². The molecule has 1 N–H and O–H groups in total. The summed E-state index contributed by atoms with van der Waals surface area (Å²) in [6, 6.07) is 3.84. The predicted octanol–water partition coefficient (Wildman–Crippen LogP) is 2.72. The maximum atomic E-state index is 12.6. The van der Waals surface area contributed by atoms with E-state index in [0.29, 0.717) is 42.4 Å². The molecule has 0 saturated heterocycles. The number of hydrogen-bond acceptors (Lipinski definition) is 4. The number of amides is 1. The summed E-state index contributed by atoms with van der Waals surface area (Å²) in [5.74, 6) is 0.616. The van der Waals surface area contributed by atoms with Crippen LogP contribution in [0.1, 0.15) is 45.4 Å². The van der Waals surface area contributed by atoms with Gasteiger partial charge in [-0.2, -0.15) is 5.10 Å². The van der Waals surface area contributed by atoms with Crippen molar-refractivity contribution in [3.8, 4) is 0 Å². The number of nitrogens with zero attached hydrogens (tertiary/aromatic N) is 3. The summed E-state index contributed by atoms with van der Waals surface area (Å²) >= 11 is 0. The van der Waals surface area contributed by atoms with E-state index in [1.54, 1.807) is 23.1 Å². The second kappa shape index (κ2) is 6.97. The third-order valence-corrected chi connectivity index (χ3v) is 5.45. The monoisotopic (exact) mass is 356 g/mol. The molecule has 1 aliphatic rings. The first-order valence-electron chi connectivity index (χ1n) is 9.37. The molecule has 1 fully saturated rings. The zero-order valence-corrected chi connectivity index (χ0v) is 15.0. The predicted molar refractivity (Wildman–Crippen MR) is 98.0 cm³/mol. The molecule has 3 aromatic heterocycles. The Bertz CT molecular complexity index is 984. The molecule has 4 rings (SSSR count). The molecule has 26 heavy (non-hydrogen) atoms. The lowest BCUT2D eigenvalue weighted by Crippen LogP contribution is -2.41. The summed E-state index contributed by atoms with van der Waals surface area (Å²) in [5.41, 5.74) is 1.87. The second-order valence-corrected chi connectivity index (χ2v) is 7.27. The molecule has 7 heteroatoms. The smallest absolute Gasteiger partial charge is 0.291 e. The van der Waals surface area contributed by atoms with Crippen LogP contribution in [0.3, 0.4) is 0 Å². The van der Waals surface area contributed by atoms with Crippen molar-refractivity contribution in [2.45, 2.75) is 58.0 Å². The topological polar surface area (TPSA) is 81.5 Å². The summed E-state index contributed by atoms with van der Waals surface area (Å²) in [6.07, 6.45) is 8.92. The van der Waals surface area contributed by atoms with E-state index in [-0.39, 0.29) is 11.5 Å². The fourth-order valence-corrected chi connectivity index (χ4v) is 3.89. The van der Waals surface area contributed by atoms with Gasteiger partial charge in [-0.25, -0.2) is 4.68 Å². The van der Waals surface area contributed by atoms with Gasteiger partial charge in [0.25, 0.3) is 5.56 Å². The van der Waals surface area contributed by atoms with Crippen LogP contribution in [0.25, 0.3) is 16.6 Å². The Balaban J connectivity index is 1.37. The first-order chi connectivity index (χ1) is 12.6. The number of carbonyl (C=O) groups is 1. The third kappa shape index (κ3) is 3.13. The van der Waals surface area contributed by atoms with E-state index < -0.39 is 0 Å². The molecule has 138 valence electrons. The Morgan fingerprint density at radius 3 is 3.04 bits per heavy atom. The first-order valence-corrected chi connectivity index (χ1v) is 9.37. The zero-order chi connectivity index (χ0) is 18.1. The molecular weight excluding hydrogens is 332 g/mol. The van der Waals surface area contributed by atoms with Crippen LogP contribution in [0, 0.1) is 5.92 Å². The highest BCUT2D eigenvalue weighted by Gasteiger charge is 2.22. The van der Waals surface area contributed by atoms with Crippen LogP contribution in [0.2, 0.25) is 0 Å². The zero-order valence-electron chi connectivity index (χ0n) is 15.0. The van der Waals surface area contributed by atoms with E-state index in [0.717, 1.165) is 11.9 Å². The summed E-state index contributed by atoms with van der Waals surface area (Å²) in [4.78, 5) is 24.8. The lowest BCUT2D eigenvalue weighted by atomic mass is 9.86. The number of hydrogen-bond donors (Lipinski definition) is 1. The Hall–Kier alpha value is -2.57. The average Bonchev–Trinajstić information content (AvgIpc) is 3.21. The summed E-state index contributed by atoms with van der Waals surface area (Å²) in [7, 11) is 0. The van der Waals surface area contributed by atoms with Crippen molar-refractivity contribution in [2.24, 2.45) is 5.92 Å². The van der Waals surface area contributed by atoms with Crippen molar-refractivity contribution < 1.29 is 9.21 Å². The maximum Gasteiger partial charge on any atom is 0.291 e. The van der Waals surface area contributed by atoms with E-state index in [2.05, 4.69) is 17.3 Å². The number of rotatable bonds is 5. The molecule has 1 amide bonds. The first kappa shape index (κ1) is 16.9. The molecule has 0 spiro atoms. The molecule has 7 nitrogen and oxygen atoms in total. The number of carbonyl (C=O) groups excluding carboxylic acids is 1. The van der Waals surface area contributed by atoms with E-state index >= 15 is 0 Å². The van der Waals surface area contributed by atoms with Crippen LogP contribution in [0.5, 0.6) is 0 Å². The molecular formula is C19H24N4O3. The van der Waals surface area contributed by atoms with Gasteiger partial charge < -0.3 is 9.73 Å². The van der Waals surface area contributed by atoms with Crippen molar-refractivity contribution in [1.29, 1.82) is 0 Å². The summed E-state index contributed by atoms with van der Waals surface area (Å²) in [5, 5.41) is 7.38. The fourth-order valence-electron chi connectivity index (χ4n) is 3.89. The van der Waals surface area contributed by atoms with Crippen LogP contribution in [0.4, 0.5) is 0 Å². The summed E-state index contributed by atoms with van der Waals surface area (Å²) < 4.78 is 8.49. The van der Waals surface area contributed by atoms with Gasteiger partial charge in [-0.1, -0.05) is 19.8 Å². The van der Waals surface area contributed by atoms with Gasteiger partial charge in [-0.15, -0.1) is 0 Å². The Labute approximate surface area is 151 Å².